The molecule has 1 aliphatic rings. The van der Waals surface area contributed by atoms with Gasteiger partial charge in [-0.3, -0.25) is 4.79 Å². The van der Waals surface area contributed by atoms with E-state index in [2.05, 4.69) is 12.5 Å². The van der Waals surface area contributed by atoms with Gasteiger partial charge >= 0.3 is 0 Å². The predicted molar refractivity (Wildman–Crippen MR) is 54.2 cm³/mol. The van der Waals surface area contributed by atoms with E-state index in [1.54, 1.807) is 0 Å². The molecular weight excluding hydrogens is 160 g/mol. The average Bonchev–Trinajstić information content (AvgIpc) is 2.15. The number of carbonyl (C=O) groups is 1. The standard InChI is InChI=1S/C12H16O/c1-3-5-8-12(4-2)9-6-7-11(13)10-12/h2-3H,1,5-10H2/t12-/m1/s1. The number of Topliss-reactive ketones (excluding diaryl/α,β-unsaturated/α-hetero) is 1. The van der Waals surface area contributed by atoms with Gasteiger partial charge in [0.2, 0.25) is 0 Å². The minimum atomic E-state index is -0.149. The third kappa shape index (κ3) is 2.45. The van der Waals surface area contributed by atoms with Gasteiger partial charge in [-0.15, -0.1) is 13.0 Å². The van der Waals surface area contributed by atoms with Crippen LogP contribution in [0.5, 0.6) is 0 Å². The maximum atomic E-state index is 11.3. The normalized spacial score (nSPS) is 28.1. The van der Waals surface area contributed by atoms with E-state index in [4.69, 9.17) is 6.42 Å². The molecule has 0 spiro atoms. The summed E-state index contributed by atoms with van der Waals surface area (Å²) >= 11 is 0. The Labute approximate surface area is 80.2 Å². The van der Waals surface area contributed by atoms with Gasteiger partial charge in [0, 0.05) is 18.3 Å². The van der Waals surface area contributed by atoms with Crippen LogP contribution in [0.2, 0.25) is 0 Å². The second kappa shape index (κ2) is 4.28. The Bertz CT molecular complexity index is 246. The van der Waals surface area contributed by atoms with Gasteiger partial charge in [-0.25, -0.2) is 0 Å². The molecule has 0 radical (unpaired) electrons. The van der Waals surface area contributed by atoms with Crippen LogP contribution in [0.4, 0.5) is 0 Å². The summed E-state index contributed by atoms with van der Waals surface area (Å²) in [5.74, 6) is 3.14. The Balaban J connectivity index is 2.63. The predicted octanol–water partition coefficient (Wildman–Crippen LogP) is 2.72. The van der Waals surface area contributed by atoms with E-state index in [-0.39, 0.29) is 5.41 Å². The van der Waals surface area contributed by atoms with Gasteiger partial charge in [0.25, 0.3) is 0 Å². The maximum absolute atomic E-state index is 11.3. The molecule has 0 aromatic rings. The molecule has 1 nitrogen and oxygen atoms in total. The van der Waals surface area contributed by atoms with Crippen molar-refractivity contribution in [2.24, 2.45) is 5.41 Å². The molecule has 0 unspecified atom stereocenters. The molecule has 0 aliphatic heterocycles. The quantitative estimate of drug-likeness (QED) is 0.477. The first-order valence-electron chi connectivity index (χ1n) is 4.83. The molecule has 1 atom stereocenters. The van der Waals surface area contributed by atoms with Gasteiger partial charge in [-0.1, -0.05) is 12.0 Å². The van der Waals surface area contributed by atoms with Crippen LogP contribution < -0.4 is 0 Å². The van der Waals surface area contributed by atoms with E-state index in [1.165, 1.54) is 0 Å². The fraction of sp³-hybridized carbons (Fsp3) is 0.583. The zero-order valence-electron chi connectivity index (χ0n) is 8.01. The zero-order valence-corrected chi connectivity index (χ0v) is 8.01. The van der Waals surface area contributed by atoms with Crippen LogP contribution in [-0.2, 0) is 4.79 Å². The third-order valence-electron chi connectivity index (χ3n) is 2.78. The van der Waals surface area contributed by atoms with E-state index in [0.29, 0.717) is 12.2 Å². The molecule has 0 saturated heterocycles. The summed E-state index contributed by atoms with van der Waals surface area (Å²) in [7, 11) is 0. The highest BCUT2D eigenvalue weighted by Gasteiger charge is 2.32. The van der Waals surface area contributed by atoms with Crippen LogP contribution in [0.1, 0.15) is 38.5 Å². The van der Waals surface area contributed by atoms with Crippen molar-refractivity contribution in [3.63, 3.8) is 0 Å². The fourth-order valence-corrected chi connectivity index (χ4v) is 1.97. The lowest BCUT2D eigenvalue weighted by Gasteiger charge is -2.31. The summed E-state index contributed by atoms with van der Waals surface area (Å²) in [6.07, 6.45) is 12.5. The van der Waals surface area contributed by atoms with Crippen molar-refractivity contribution in [1.82, 2.24) is 0 Å². The largest absolute Gasteiger partial charge is 0.300 e. The Kier molecular flexibility index (Phi) is 3.31. The highest BCUT2D eigenvalue weighted by Crippen LogP contribution is 2.37. The fourth-order valence-electron chi connectivity index (χ4n) is 1.97. The van der Waals surface area contributed by atoms with Crippen molar-refractivity contribution in [1.29, 1.82) is 0 Å². The molecule has 1 heteroatoms. The van der Waals surface area contributed by atoms with E-state index >= 15 is 0 Å². The first kappa shape index (κ1) is 10.1. The first-order chi connectivity index (χ1) is 6.22. The van der Waals surface area contributed by atoms with Gasteiger partial charge in [0.15, 0.2) is 0 Å². The summed E-state index contributed by atoms with van der Waals surface area (Å²) in [6, 6.07) is 0. The Morgan fingerprint density at radius 1 is 1.69 bits per heavy atom. The van der Waals surface area contributed by atoms with Crippen LogP contribution in [0.15, 0.2) is 12.7 Å². The maximum Gasteiger partial charge on any atom is 0.134 e. The average molecular weight is 176 g/mol. The van der Waals surface area contributed by atoms with Crippen molar-refractivity contribution < 1.29 is 4.79 Å². The third-order valence-corrected chi connectivity index (χ3v) is 2.78. The van der Waals surface area contributed by atoms with Gasteiger partial charge in [0.1, 0.15) is 5.78 Å². The smallest absolute Gasteiger partial charge is 0.134 e. The van der Waals surface area contributed by atoms with Crippen LogP contribution >= 0.6 is 0 Å². The first-order valence-corrected chi connectivity index (χ1v) is 4.83. The van der Waals surface area contributed by atoms with Crippen molar-refractivity contribution in [3.8, 4) is 12.3 Å². The number of allylic oxidation sites excluding steroid dienone is 1. The lowest BCUT2D eigenvalue weighted by molar-refractivity contribution is -0.122. The Hall–Kier alpha value is -1.03. The number of hydrogen-bond acceptors (Lipinski definition) is 1. The Morgan fingerprint density at radius 2 is 2.46 bits per heavy atom. The molecular formula is C12H16O. The number of ketones is 1. The van der Waals surface area contributed by atoms with Crippen molar-refractivity contribution in [2.45, 2.75) is 38.5 Å². The molecule has 1 saturated carbocycles. The molecule has 1 fully saturated rings. The lowest BCUT2D eigenvalue weighted by Crippen LogP contribution is -2.27. The number of rotatable bonds is 3. The molecule has 0 bridgehead atoms. The lowest BCUT2D eigenvalue weighted by atomic mass is 9.71. The van der Waals surface area contributed by atoms with Crippen LogP contribution in [-0.4, -0.2) is 5.78 Å². The molecule has 0 aromatic heterocycles. The summed E-state index contributed by atoms with van der Waals surface area (Å²) in [6.45, 7) is 3.68. The number of carbonyl (C=O) groups excluding carboxylic acids is 1. The molecule has 13 heavy (non-hydrogen) atoms. The summed E-state index contributed by atoms with van der Waals surface area (Å²) in [5, 5.41) is 0. The highest BCUT2D eigenvalue weighted by atomic mass is 16.1. The van der Waals surface area contributed by atoms with E-state index < -0.39 is 0 Å². The number of terminal acetylenes is 1. The summed E-state index contributed by atoms with van der Waals surface area (Å²) < 4.78 is 0. The summed E-state index contributed by atoms with van der Waals surface area (Å²) in [5.41, 5.74) is -0.149. The molecule has 0 heterocycles. The van der Waals surface area contributed by atoms with E-state index in [0.717, 1.165) is 32.1 Å². The Morgan fingerprint density at radius 3 is 3.00 bits per heavy atom. The zero-order chi connectivity index (χ0) is 9.73. The van der Waals surface area contributed by atoms with Crippen molar-refractivity contribution in [2.75, 3.05) is 0 Å². The molecule has 1 rings (SSSR count). The van der Waals surface area contributed by atoms with Crippen LogP contribution in [0.25, 0.3) is 0 Å². The van der Waals surface area contributed by atoms with E-state index in [9.17, 15) is 4.79 Å². The minimum Gasteiger partial charge on any atom is -0.300 e. The molecule has 0 N–H and O–H groups in total. The van der Waals surface area contributed by atoms with E-state index in [1.807, 2.05) is 6.08 Å². The highest BCUT2D eigenvalue weighted by molar-refractivity contribution is 5.80. The molecule has 70 valence electrons. The van der Waals surface area contributed by atoms with Gasteiger partial charge in [-0.2, -0.15) is 0 Å². The second-order valence-corrected chi connectivity index (χ2v) is 3.82. The van der Waals surface area contributed by atoms with Gasteiger partial charge in [0.05, 0.1) is 0 Å². The topological polar surface area (TPSA) is 17.1 Å². The second-order valence-electron chi connectivity index (χ2n) is 3.82. The van der Waals surface area contributed by atoms with Crippen LogP contribution in [0.3, 0.4) is 0 Å². The van der Waals surface area contributed by atoms with Crippen molar-refractivity contribution in [3.05, 3.63) is 12.7 Å². The van der Waals surface area contributed by atoms with Gasteiger partial charge in [-0.05, 0) is 25.7 Å². The van der Waals surface area contributed by atoms with Gasteiger partial charge < -0.3 is 0 Å². The molecule has 0 aromatic carbocycles. The SMILES string of the molecule is C#C[C@@]1(CCC=C)CCCC(=O)C1. The summed E-state index contributed by atoms with van der Waals surface area (Å²) in [4.78, 5) is 11.3. The monoisotopic (exact) mass is 176 g/mol. The molecule has 0 amide bonds. The van der Waals surface area contributed by atoms with Crippen molar-refractivity contribution >= 4 is 5.78 Å². The minimum absolute atomic E-state index is 0.149. The number of hydrogen-bond donors (Lipinski definition) is 0. The van der Waals surface area contributed by atoms with Crippen LogP contribution in [0, 0.1) is 17.8 Å². The molecule has 1 aliphatic carbocycles.